The summed E-state index contributed by atoms with van der Waals surface area (Å²) in [5, 5.41) is 42.8. The molecule has 3 amide bonds. The van der Waals surface area contributed by atoms with Crippen LogP contribution in [0.5, 0.6) is 11.8 Å². The number of amides is 3. The average molecular weight is 1130 g/mol. The number of rotatable bonds is 18. The Bertz CT molecular complexity index is 3370. The van der Waals surface area contributed by atoms with Gasteiger partial charge in [-0.15, -0.1) is 0 Å². The Kier molecular flexibility index (Phi) is 16.2. The predicted molar refractivity (Wildman–Crippen MR) is 303 cm³/mol. The number of hydrogen-bond acceptors (Lipinski definition) is 14. The minimum Gasteiger partial charge on any atom is -0.508 e. The number of aromatic hydroxyl groups is 1. The molecule has 1 saturated carbocycles. The molecular weight excluding hydrogens is 1060 g/mol. The molecule has 5 fully saturated rings. The van der Waals surface area contributed by atoms with Gasteiger partial charge in [-0.05, 0) is 109 Å². The zero-order valence-corrected chi connectivity index (χ0v) is 46.8. The van der Waals surface area contributed by atoms with Crippen molar-refractivity contribution in [3.8, 4) is 34.1 Å². The van der Waals surface area contributed by atoms with Crippen LogP contribution in [0, 0.1) is 28.3 Å². The van der Waals surface area contributed by atoms with E-state index in [0.717, 1.165) is 45.1 Å². The summed E-state index contributed by atoms with van der Waals surface area (Å²) < 4.78 is 59.8. The van der Waals surface area contributed by atoms with Gasteiger partial charge < -0.3 is 55.4 Å². The zero-order chi connectivity index (χ0) is 57.6. The predicted octanol–water partition coefficient (Wildman–Crippen LogP) is 7.12. The van der Waals surface area contributed by atoms with Gasteiger partial charge in [-0.1, -0.05) is 76.2 Å². The second-order valence-electron chi connectivity index (χ2n) is 24.2. The van der Waals surface area contributed by atoms with E-state index in [4.69, 9.17) is 19.4 Å². The number of aromatic nitrogens is 3. The summed E-state index contributed by atoms with van der Waals surface area (Å²) >= 11 is 0. The number of pyridine rings is 1. The molecule has 11 rings (SSSR count). The van der Waals surface area contributed by atoms with Crippen LogP contribution in [0.15, 0.2) is 79.0 Å². The maximum Gasteiger partial charge on any atom is 0.319 e. The second-order valence-corrected chi connectivity index (χ2v) is 24.2. The molecule has 4 aromatic carbocycles. The molecule has 2 unspecified atom stereocenters. The quantitative estimate of drug-likeness (QED) is 0.0506. The van der Waals surface area contributed by atoms with Crippen LogP contribution in [0.25, 0.3) is 44.1 Å². The van der Waals surface area contributed by atoms with Crippen molar-refractivity contribution in [1.29, 1.82) is 0 Å². The van der Waals surface area contributed by atoms with Gasteiger partial charge in [0.1, 0.15) is 53.1 Å². The van der Waals surface area contributed by atoms with Crippen LogP contribution in [-0.2, 0) is 25.5 Å². The highest BCUT2D eigenvalue weighted by molar-refractivity contribution is 6.02. The van der Waals surface area contributed by atoms with E-state index >= 15 is 8.78 Å². The summed E-state index contributed by atoms with van der Waals surface area (Å²) in [6.45, 7) is 10.00. The molecule has 1 aliphatic carbocycles. The second kappa shape index (κ2) is 23.4. The maximum absolute atomic E-state index is 17.3. The number of nitrogens with one attached hydrogen (secondary N) is 3. The van der Waals surface area contributed by atoms with E-state index in [2.05, 4.69) is 30.7 Å². The van der Waals surface area contributed by atoms with E-state index in [-0.39, 0.29) is 84.1 Å². The van der Waals surface area contributed by atoms with Gasteiger partial charge in [-0.3, -0.25) is 19.4 Å². The van der Waals surface area contributed by atoms with Gasteiger partial charge in [0, 0.05) is 74.0 Å². The highest BCUT2D eigenvalue weighted by Gasteiger charge is 2.47. The minimum absolute atomic E-state index is 0.0165. The first-order chi connectivity index (χ1) is 39.4. The van der Waals surface area contributed by atoms with E-state index in [9.17, 15) is 34.1 Å². The number of aliphatic hydroxyl groups is 2. The third-order valence-electron chi connectivity index (χ3n) is 17.1. The molecule has 4 aliphatic heterocycles. The van der Waals surface area contributed by atoms with Crippen LogP contribution in [0.1, 0.15) is 89.8 Å². The van der Waals surface area contributed by atoms with E-state index in [0.29, 0.717) is 76.8 Å². The lowest BCUT2D eigenvalue weighted by molar-refractivity contribution is -0.145. The number of ether oxygens (including phenoxy) is 2. The van der Waals surface area contributed by atoms with Crippen LogP contribution in [-0.4, -0.2) is 153 Å². The molecule has 17 nitrogen and oxygen atoms in total. The SMILES string of the molecule is CCc1c(F)ccc2cc(O)cc(-c3ncc4c(N5CC6CCC(C5)N6)nc(OCC5(CN6CCC[C@H](OCC(=O)N[C@H](C(=O)N7C[C@H](O)C[C@H]7C(=O)N[C@@H](CO)c7ccc(-c8ccccc8F)cc7)C(C)(C)C)C6)CC5)nc4c3F)c12. The number of aliphatic hydroxyl groups excluding tert-OH is 2. The first kappa shape index (κ1) is 56.9. The largest absolute Gasteiger partial charge is 0.508 e. The molecule has 2 aromatic heterocycles. The normalized spacial score (nSPS) is 22.3. The van der Waals surface area contributed by atoms with Crippen LogP contribution < -0.4 is 25.6 Å². The Morgan fingerprint density at radius 3 is 2.37 bits per heavy atom. The topological polar surface area (TPSA) is 215 Å². The third-order valence-corrected chi connectivity index (χ3v) is 17.1. The van der Waals surface area contributed by atoms with Crippen LogP contribution in [0.4, 0.5) is 19.0 Å². The molecule has 434 valence electrons. The molecule has 0 radical (unpaired) electrons. The van der Waals surface area contributed by atoms with Crippen molar-refractivity contribution in [2.24, 2.45) is 10.8 Å². The van der Waals surface area contributed by atoms with Gasteiger partial charge in [0.15, 0.2) is 5.82 Å². The lowest BCUT2D eigenvalue weighted by Gasteiger charge is -2.36. The Labute approximate surface area is 474 Å². The van der Waals surface area contributed by atoms with Crippen molar-refractivity contribution in [3.05, 3.63) is 108 Å². The summed E-state index contributed by atoms with van der Waals surface area (Å²) in [7, 11) is 0. The van der Waals surface area contributed by atoms with Gasteiger partial charge in [-0.25, -0.2) is 13.2 Å². The molecule has 4 saturated heterocycles. The average Bonchev–Trinajstić information content (AvgIpc) is 2.09. The number of phenols is 1. The molecule has 82 heavy (non-hydrogen) atoms. The number of carbonyl (C=O) groups is 3. The summed E-state index contributed by atoms with van der Waals surface area (Å²) in [4.78, 5) is 62.1. The number of likely N-dealkylation sites (tertiary alicyclic amines) is 2. The van der Waals surface area contributed by atoms with Gasteiger partial charge >= 0.3 is 6.01 Å². The molecule has 2 bridgehead atoms. The fourth-order valence-electron chi connectivity index (χ4n) is 12.6. The van der Waals surface area contributed by atoms with Gasteiger partial charge in [0.2, 0.25) is 17.7 Å². The summed E-state index contributed by atoms with van der Waals surface area (Å²) in [6, 6.07) is 16.5. The number of anilines is 1. The lowest BCUT2D eigenvalue weighted by Crippen LogP contribution is -2.58. The number of halogens is 3. The van der Waals surface area contributed by atoms with Gasteiger partial charge in [0.25, 0.3) is 0 Å². The number of benzene rings is 4. The molecular formula is C62H72F3N9O8. The standard InChI is InChI=1S/C62H72F3N9O8/c1-5-43-48(64)19-16-37-23-40(76)24-45(52(37)43)54-53(65)55-46(26-66-54)57(73-27-38-17-18-39(28-73)67-38)71-60(70-55)82-34-62(20-21-62)33-72-22-8-9-42(30-72)81-32-51(78)69-56(61(2,3)4)59(80)74-29-41(77)25-50(74)58(79)68-49(31-75)36-14-12-35(13-15-36)44-10-6-7-11-47(44)63/h6-7,10-16,19,23-24,26,38-39,41-42,49-50,56,67,75-77H,5,8-9,17-18,20-22,25,27-34H2,1-4H3,(H,68,79)(H,69,78)/t38?,39?,41-,42+,49+,50+,56-/m1/s1. The van der Waals surface area contributed by atoms with Crippen molar-refractivity contribution in [3.63, 3.8) is 0 Å². The molecule has 6 aromatic rings. The van der Waals surface area contributed by atoms with Crippen molar-refractivity contribution in [2.75, 3.05) is 64.0 Å². The van der Waals surface area contributed by atoms with Crippen LogP contribution >= 0.6 is 0 Å². The summed E-state index contributed by atoms with van der Waals surface area (Å²) in [5.74, 6) is -2.73. The molecule has 5 aliphatic rings. The first-order valence-electron chi connectivity index (χ1n) is 28.7. The number of piperazine rings is 1. The Morgan fingerprint density at radius 1 is 0.902 bits per heavy atom. The van der Waals surface area contributed by atoms with E-state index < -0.39 is 65.6 Å². The molecule has 6 N–H and O–H groups in total. The lowest BCUT2D eigenvalue weighted by atomic mass is 9.85. The fourth-order valence-corrected chi connectivity index (χ4v) is 12.6. The first-order valence-corrected chi connectivity index (χ1v) is 28.7. The fraction of sp³-hybridized carbons (Fsp3) is 0.484. The Balaban J connectivity index is 0.729. The number of phenolic OH excluding ortho intramolecular Hbond substituents is 1. The number of hydrogen-bond donors (Lipinski definition) is 6. The number of β-amino-alcohol motifs (C(OH)–C–C–N with tert-alkyl or cyclic N) is 1. The van der Waals surface area contributed by atoms with E-state index in [1.807, 2.05) is 6.92 Å². The number of carbonyl (C=O) groups excluding carboxylic acids is 3. The highest BCUT2D eigenvalue weighted by Crippen LogP contribution is 2.47. The van der Waals surface area contributed by atoms with Crippen molar-refractivity contribution in [1.82, 2.24) is 40.7 Å². The molecule has 7 atom stereocenters. The minimum atomic E-state index is -1.08. The number of aryl methyl sites for hydroxylation is 1. The maximum atomic E-state index is 17.3. The third kappa shape index (κ3) is 12.0. The van der Waals surface area contributed by atoms with Crippen molar-refractivity contribution >= 4 is 45.2 Å². The van der Waals surface area contributed by atoms with Gasteiger partial charge in [0.05, 0.1) is 36.8 Å². The summed E-state index contributed by atoms with van der Waals surface area (Å²) in [6.07, 6.45) is 5.94. The smallest absolute Gasteiger partial charge is 0.319 e. The Morgan fingerprint density at radius 2 is 1.66 bits per heavy atom. The Hall–Kier alpha value is -6.97. The van der Waals surface area contributed by atoms with Gasteiger partial charge in [-0.2, -0.15) is 9.97 Å². The number of fused-ring (bicyclic) bond motifs is 4. The molecule has 0 spiro atoms. The van der Waals surface area contributed by atoms with E-state index in [1.54, 1.807) is 75.5 Å². The zero-order valence-electron chi connectivity index (χ0n) is 46.8. The number of piperidine rings is 1. The molecule has 6 heterocycles. The number of nitrogens with zero attached hydrogens (tertiary/aromatic N) is 6. The van der Waals surface area contributed by atoms with Crippen molar-refractivity contribution < 1.29 is 52.3 Å². The van der Waals surface area contributed by atoms with Crippen molar-refractivity contribution in [2.45, 2.75) is 121 Å². The highest BCUT2D eigenvalue weighted by atomic mass is 19.1. The van der Waals surface area contributed by atoms with Crippen LogP contribution in [0.2, 0.25) is 0 Å². The van der Waals surface area contributed by atoms with Crippen LogP contribution in [0.3, 0.4) is 0 Å². The molecule has 20 heteroatoms. The summed E-state index contributed by atoms with van der Waals surface area (Å²) in [5.41, 5.74) is 1.15. The van der Waals surface area contributed by atoms with E-state index in [1.165, 1.54) is 29.2 Å². The monoisotopic (exact) mass is 1130 g/mol.